The molecule has 1 aliphatic rings. The van der Waals surface area contributed by atoms with Crippen LogP contribution in [0.3, 0.4) is 0 Å². The van der Waals surface area contributed by atoms with E-state index in [1.165, 1.54) is 13.4 Å². The lowest BCUT2D eigenvalue weighted by atomic mass is 9.94. The van der Waals surface area contributed by atoms with Crippen molar-refractivity contribution in [3.8, 4) is 16.8 Å². The predicted molar refractivity (Wildman–Crippen MR) is 115 cm³/mol. The number of carbonyl (C=O) groups is 2. The summed E-state index contributed by atoms with van der Waals surface area (Å²) in [5.41, 5.74) is 3.39. The maximum Gasteiger partial charge on any atom is 0.414 e. The van der Waals surface area contributed by atoms with Crippen LogP contribution >= 0.6 is 0 Å². The van der Waals surface area contributed by atoms with E-state index >= 15 is 0 Å². The van der Waals surface area contributed by atoms with Gasteiger partial charge in [-0.1, -0.05) is 36.4 Å². The van der Waals surface area contributed by atoms with E-state index in [1.807, 2.05) is 48.5 Å². The molecule has 1 saturated carbocycles. The van der Waals surface area contributed by atoms with Crippen molar-refractivity contribution in [3.63, 3.8) is 0 Å². The molecule has 160 valence electrons. The zero-order valence-electron chi connectivity index (χ0n) is 17.7. The van der Waals surface area contributed by atoms with Gasteiger partial charge in [-0.25, -0.2) is 4.79 Å². The summed E-state index contributed by atoms with van der Waals surface area (Å²) in [4.78, 5) is 23.9. The van der Waals surface area contributed by atoms with Gasteiger partial charge < -0.3 is 9.47 Å². The van der Waals surface area contributed by atoms with Crippen LogP contribution in [0.4, 0.5) is 10.7 Å². The van der Waals surface area contributed by atoms with Gasteiger partial charge in [0.25, 0.3) is 0 Å². The van der Waals surface area contributed by atoms with Crippen molar-refractivity contribution in [2.45, 2.75) is 38.2 Å². The van der Waals surface area contributed by atoms with Gasteiger partial charge in [0.1, 0.15) is 6.33 Å². The van der Waals surface area contributed by atoms with Crippen LogP contribution in [-0.4, -0.2) is 40.0 Å². The molecule has 3 aromatic rings. The molecule has 4 rings (SSSR count). The Morgan fingerprint density at radius 2 is 1.65 bits per heavy atom. The lowest BCUT2D eigenvalue weighted by molar-refractivity contribution is -0.143. The van der Waals surface area contributed by atoms with Crippen LogP contribution in [0.25, 0.3) is 16.8 Å². The highest BCUT2D eigenvalue weighted by Gasteiger charge is 2.52. The number of rotatable bonds is 6. The summed E-state index contributed by atoms with van der Waals surface area (Å²) >= 11 is 0. The molecule has 8 nitrogen and oxygen atoms in total. The number of hydrogen-bond acceptors (Lipinski definition) is 6. The van der Waals surface area contributed by atoms with Crippen LogP contribution in [0.15, 0.2) is 54.9 Å². The summed E-state index contributed by atoms with van der Waals surface area (Å²) in [5, 5.41) is 10.4. The molecule has 8 heteroatoms. The van der Waals surface area contributed by atoms with E-state index in [1.54, 1.807) is 18.4 Å². The summed E-state index contributed by atoms with van der Waals surface area (Å²) in [6.07, 6.45) is 2.36. The highest BCUT2D eigenvalue weighted by molar-refractivity contribution is 5.87. The Bertz CT molecular complexity index is 1080. The Balaban J connectivity index is 1.50. The number of methoxy groups -OCH3 is 1. The fourth-order valence-electron chi connectivity index (χ4n) is 3.57. The summed E-state index contributed by atoms with van der Waals surface area (Å²) in [5.74, 6) is 0.112. The Morgan fingerprint density at radius 1 is 1.03 bits per heavy atom. The molecule has 0 bridgehead atoms. The van der Waals surface area contributed by atoms with Crippen molar-refractivity contribution in [2.24, 2.45) is 0 Å². The Morgan fingerprint density at radius 3 is 2.19 bits per heavy atom. The van der Waals surface area contributed by atoms with Gasteiger partial charge in [-0.05, 0) is 55.5 Å². The van der Waals surface area contributed by atoms with Crippen molar-refractivity contribution in [2.75, 3.05) is 12.4 Å². The number of hydrogen-bond donors (Lipinski definition) is 1. The minimum absolute atomic E-state index is 0.166. The first kappa shape index (κ1) is 20.6. The summed E-state index contributed by atoms with van der Waals surface area (Å²) in [7, 11) is 1.43. The smallest absolute Gasteiger partial charge is 0.414 e. The number of nitrogens with one attached hydrogen (secondary N) is 1. The Labute approximate surface area is 180 Å². The molecular weight excluding hydrogens is 396 g/mol. The van der Waals surface area contributed by atoms with Crippen LogP contribution in [0.5, 0.6) is 0 Å². The number of anilines is 1. The maximum absolute atomic E-state index is 12.1. The van der Waals surface area contributed by atoms with Crippen molar-refractivity contribution >= 4 is 18.0 Å². The van der Waals surface area contributed by atoms with E-state index < -0.39 is 11.5 Å². The zero-order chi connectivity index (χ0) is 22.0. The molecule has 1 aromatic heterocycles. The molecule has 1 amide bonds. The molecule has 0 aliphatic heterocycles. The molecule has 2 aromatic carbocycles. The molecule has 0 saturated heterocycles. The van der Waals surface area contributed by atoms with Crippen molar-refractivity contribution in [1.29, 1.82) is 0 Å². The third-order valence-electron chi connectivity index (χ3n) is 5.35. The number of benzene rings is 2. The van der Waals surface area contributed by atoms with Gasteiger partial charge in [-0.2, -0.15) is 0 Å². The first-order valence-corrected chi connectivity index (χ1v) is 10.1. The van der Waals surface area contributed by atoms with Crippen molar-refractivity contribution in [3.05, 3.63) is 60.4 Å². The molecular formula is C23H24N4O4. The maximum atomic E-state index is 12.1. The van der Waals surface area contributed by atoms with Crippen LogP contribution in [0, 0.1) is 0 Å². The minimum atomic E-state index is -0.582. The monoisotopic (exact) mass is 420 g/mol. The number of ether oxygens (including phenoxy) is 2. The average Bonchev–Trinajstić information content (AvgIpc) is 3.46. The molecule has 1 fully saturated rings. The summed E-state index contributed by atoms with van der Waals surface area (Å²) in [6, 6.07) is 15.8. The predicted octanol–water partition coefficient (Wildman–Crippen LogP) is 4.10. The SMILES string of the molecule is COC(=O)C1(c2ccc(-c3ccc(-n4cnnc4NC(=O)OC(C)C)cc3)cc2)CC1. The molecule has 0 spiro atoms. The Kier molecular flexibility index (Phi) is 5.46. The van der Waals surface area contributed by atoms with E-state index in [0.29, 0.717) is 0 Å². The van der Waals surface area contributed by atoms with Gasteiger partial charge >= 0.3 is 12.1 Å². The highest BCUT2D eigenvalue weighted by Crippen LogP contribution is 2.49. The van der Waals surface area contributed by atoms with Crippen LogP contribution < -0.4 is 5.32 Å². The van der Waals surface area contributed by atoms with Crippen LogP contribution in [-0.2, 0) is 19.7 Å². The van der Waals surface area contributed by atoms with Crippen molar-refractivity contribution in [1.82, 2.24) is 14.8 Å². The molecule has 31 heavy (non-hydrogen) atoms. The van der Waals surface area contributed by atoms with Gasteiger partial charge in [0.2, 0.25) is 5.95 Å². The fraction of sp³-hybridized carbons (Fsp3) is 0.304. The fourth-order valence-corrected chi connectivity index (χ4v) is 3.57. The first-order chi connectivity index (χ1) is 14.9. The van der Waals surface area contributed by atoms with Gasteiger partial charge in [-0.15, -0.1) is 10.2 Å². The van der Waals surface area contributed by atoms with Gasteiger partial charge in [-0.3, -0.25) is 14.7 Å². The van der Waals surface area contributed by atoms with Crippen LogP contribution in [0.2, 0.25) is 0 Å². The number of esters is 1. The normalized spacial score (nSPS) is 14.2. The summed E-state index contributed by atoms with van der Waals surface area (Å²) in [6.45, 7) is 3.55. The number of aromatic nitrogens is 3. The van der Waals surface area contributed by atoms with Gasteiger partial charge in [0.15, 0.2) is 0 Å². The van der Waals surface area contributed by atoms with Crippen molar-refractivity contribution < 1.29 is 19.1 Å². The largest absolute Gasteiger partial charge is 0.468 e. The second kappa shape index (κ2) is 8.22. The standard InChI is InChI=1S/C23H24N4O4/c1-15(2)31-22(29)25-21-26-24-14-27(21)19-10-6-17(7-11-19)16-4-8-18(9-5-16)23(12-13-23)20(28)30-3/h4-11,14-15H,12-13H2,1-3H3,(H,25,26,29). The van der Waals surface area contributed by atoms with Gasteiger partial charge in [0, 0.05) is 0 Å². The zero-order valence-corrected chi connectivity index (χ0v) is 17.7. The summed E-state index contributed by atoms with van der Waals surface area (Å²) < 4.78 is 11.7. The molecule has 1 N–H and O–H groups in total. The van der Waals surface area contributed by atoms with Crippen LogP contribution in [0.1, 0.15) is 32.3 Å². The molecule has 0 atom stereocenters. The Hall–Kier alpha value is -3.68. The van der Waals surface area contributed by atoms with Gasteiger partial charge in [0.05, 0.1) is 24.3 Å². The molecule has 0 unspecified atom stereocenters. The lowest BCUT2D eigenvalue weighted by Gasteiger charge is -2.14. The average molecular weight is 420 g/mol. The highest BCUT2D eigenvalue weighted by atomic mass is 16.6. The molecule has 0 radical (unpaired) electrons. The number of nitrogens with zero attached hydrogens (tertiary/aromatic N) is 3. The topological polar surface area (TPSA) is 95.3 Å². The minimum Gasteiger partial charge on any atom is -0.468 e. The molecule has 1 heterocycles. The number of carbonyl (C=O) groups excluding carboxylic acids is 2. The quantitative estimate of drug-likeness (QED) is 0.604. The third-order valence-corrected chi connectivity index (χ3v) is 5.35. The van der Waals surface area contributed by atoms with E-state index in [4.69, 9.17) is 9.47 Å². The lowest BCUT2D eigenvalue weighted by Crippen LogP contribution is -2.21. The first-order valence-electron chi connectivity index (χ1n) is 10.1. The molecule has 1 aliphatic carbocycles. The second-order valence-electron chi connectivity index (χ2n) is 7.80. The number of amides is 1. The second-order valence-corrected chi connectivity index (χ2v) is 7.80. The van der Waals surface area contributed by atoms with E-state index in [9.17, 15) is 9.59 Å². The van der Waals surface area contributed by atoms with E-state index in [2.05, 4.69) is 15.5 Å². The van der Waals surface area contributed by atoms with E-state index in [-0.39, 0.29) is 18.0 Å². The third kappa shape index (κ3) is 4.14. The van der Waals surface area contributed by atoms with E-state index in [0.717, 1.165) is 35.2 Å².